The van der Waals surface area contributed by atoms with Crippen molar-refractivity contribution in [3.63, 3.8) is 0 Å². The fraction of sp³-hybridized carbons (Fsp3) is 0.385. The summed E-state index contributed by atoms with van der Waals surface area (Å²) in [5.74, 6) is -0.157. The number of thiophene rings is 1. The lowest BCUT2D eigenvalue weighted by atomic mass is 10.2. The average Bonchev–Trinajstić information content (AvgIpc) is 2.99. The first kappa shape index (κ1) is 13.6. The van der Waals surface area contributed by atoms with Gasteiger partial charge >= 0.3 is 0 Å². The van der Waals surface area contributed by atoms with Crippen LogP contribution in [0.3, 0.4) is 0 Å². The van der Waals surface area contributed by atoms with Crippen molar-refractivity contribution in [3.8, 4) is 0 Å². The molecule has 0 aliphatic carbocycles. The number of nitrogens with two attached hydrogens (primary N) is 1. The van der Waals surface area contributed by atoms with E-state index in [9.17, 15) is 4.79 Å². The standard InChI is InChI=1S/C13H18N4OS/c1-3-17-12(11(14)9(2)16-17)13(18)15-6-4-10-5-7-19-8-10/h5,7-8H,3-4,6,14H2,1-2H3,(H,15,18). The topological polar surface area (TPSA) is 72.9 Å². The van der Waals surface area contributed by atoms with Crippen molar-refractivity contribution in [1.29, 1.82) is 0 Å². The molecule has 2 aromatic heterocycles. The van der Waals surface area contributed by atoms with Gasteiger partial charge in [0.1, 0.15) is 5.69 Å². The van der Waals surface area contributed by atoms with Crippen LogP contribution in [0.1, 0.15) is 28.7 Å². The summed E-state index contributed by atoms with van der Waals surface area (Å²) in [6.07, 6.45) is 0.828. The highest BCUT2D eigenvalue weighted by molar-refractivity contribution is 7.07. The Morgan fingerprint density at radius 1 is 1.58 bits per heavy atom. The number of aryl methyl sites for hydroxylation is 2. The molecule has 2 aromatic rings. The average molecular weight is 278 g/mol. The summed E-state index contributed by atoms with van der Waals surface area (Å²) < 4.78 is 1.64. The molecular weight excluding hydrogens is 260 g/mol. The van der Waals surface area contributed by atoms with Gasteiger partial charge in [-0.25, -0.2) is 0 Å². The van der Waals surface area contributed by atoms with Crippen LogP contribution in [0.2, 0.25) is 0 Å². The second-order valence-electron chi connectivity index (χ2n) is 4.30. The quantitative estimate of drug-likeness (QED) is 0.876. The Labute approximate surface area is 116 Å². The highest BCUT2D eigenvalue weighted by atomic mass is 32.1. The van der Waals surface area contributed by atoms with E-state index in [-0.39, 0.29) is 5.91 Å². The number of aromatic nitrogens is 2. The van der Waals surface area contributed by atoms with Crippen LogP contribution < -0.4 is 11.1 Å². The number of carbonyl (C=O) groups excluding carboxylic acids is 1. The molecule has 0 bridgehead atoms. The van der Waals surface area contributed by atoms with E-state index in [1.54, 1.807) is 16.0 Å². The van der Waals surface area contributed by atoms with Crippen LogP contribution >= 0.6 is 11.3 Å². The lowest BCUT2D eigenvalue weighted by Crippen LogP contribution is -2.28. The van der Waals surface area contributed by atoms with Gasteiger partial charge in [0.2, 0.25) is 0 Å². The van der Waals surface area contributed by atoms with Gasteiger partial charge in [0.15, 0.2) is 0 Å². The molecule has 1 amide bonds. The summed E-state index contributed by atoms with van der Waals surface area (Å²) in [5.41, 5.74) is 8.77. The molecule has 0 radical (unpaired) electrons. The Morgan fingerprint density at radius 2 is 2.37 bits per heavy atom. The molecule has 5 nitrogen and oxygen atoms in total. The molecule has 3 N–H and O–H groups in total. The third kappa shape index (κ3) is 2.96. The van der Waals surface area contributed by atoms with Gasteiger partial charge in [0.25, 0.3) is 5.91 Å². The number of hydrogen-bond donors (Lipinski definition) is 2. The largest absolute Gasteiger partial charge is 0.395 e. The van der Waals surface area contributed by atoms with E-state index in [2.05, 4.69) is 21.9 Å². The molecule has 0 atom stereocenters. The molecule has 0 aromatic carbocycles. The Bertz CT molecular complexity index is 559. The number of carbonyl (C=O) groups is 1. The van der Waals surface area contributed by atoms with Crippen LogP contribution in [0, 0.1) is 6.92 Å². The van der Waals surface area contributed by atoms with Gasteiger partial charge in [0.05, 0.1) is 11.4 Å². The predicted molar refractivity (Wildman–Crippen MR) is 77.4 cm³/mol. The smallest absolute Gasteiger partial charge is 0.271 e. The third-order valence-corrected chi connectivity index (χ3v) is 3.70. The maximum Gasteiger partial charge on any atom is 0.271 e. The summed E-state index contributed by atoms with van der Waals surface area (Å²) in [6, 6.07) is 2.06. The van der Waals surface area contributed by atoms with Crippen molar-refractivity contribution < 1.29 is 4.79 Å². The van der Waals surface area contributed by atoms with Crippen molar-refractivity contribution in [1.82, 2.24) is 15.1 Å². The normalized spacial score (nSPS) is 10.6. The molecule has 0 saturated carbocycles. The summed E-state index contributed by atoms with van der Waals surface area (Å²) in [7, 11) is 0. The molecule has 0 spiro atoms. The SMILES string of the molecule is CCn1nc(C)c(N)c1C(=O)NCCc1ccsc1. The summed E-state index contributed by atoms with van der Waals surface area (Å²) in [6.45, 7) is 4.98. The highest BCUT2D eigenvalue weighted by Crippen LogP contribution is 2.16. The molecule has 19 heavy (non-hydrogen) atoms. The van der Waals surface area contributed by atoms with E-state index in [0.29, 0.717) is 30.2 Å². The maximum atomic E-state index is 12.1. The fourth-order valence-corrected chi connectivity index (χ4v) is 2.61. The fourth-order valence-electron chi connectivity index (χ4n) is 1.90. The number of nitrogens with one attached hydrogen (secondary N) is 1. The van der Waals surface area contributed by atoms with E-state index in [0.717, 1.165) is 6.42 Å². The van der Waals surface area contributed by atoms with Crippen molar-refractivity contribution >= 4 is 22.9 Å². The number of nitrogens with zero attached hydrogens (tertiary/aromatic N) is 2. The minimum absolute atomic E-state index is 0.157. The second kappa shape index (κ2) is 5.88. The van der Waals surface area contributed by atoms with Gasteiger partial charge in [-0.15, -0.1) is 0 Å². The zero-order valence-electron chi connectivity index (χ0n) is 11.1. The van der Waals surface area contributed by atoms with Crippen molar-refractivity contribution in [3.05, 3.63) is 33.8 Å². The van der Waals surface area contributed by atoms with Gasteiger partial charge in [-0.1, -0.05) is 0 Å². The maximum absolute atomic E-state index is 12.1. The monoisotopic (exact) mass is 278 g/mol. The van der Waals surface area contributed by atoms with E-state index >= 15 is 0 Å². The molecule has 2 rings (SSSR count). The number of hydrogen-bond acceptors (Lipinski definition) is 4. The van der Waals surface area contributed by atoms with Crippen molar-refractivity contribution in [2.75, 3.05) is 12.3 Å². The number of nitrogen functional groups attached to an aromatic ring is 1. The molecule has 102 valence electrons. The van der Waals surface area contributed by atoms with E-state index in [1.165, 1.54) is 5.56 Å². The van der Waals surface area contributed by atoms with Gasteiger partial charge in [-0.3, -0.25) is 9.48 Å². The van der Waals surface area contributed by atoms with E-state index < -0.39 is 0 Å². The number of rotatable bonds is 5. The van der Waals surface area contributed by atoms with Gasteiger partial charge in [0, 0.05) is 13.1 Å². The van der Waals surface area contributed by atoms with E-state index in [4.69, 9.17) is 5.73 Å². The molecule has 0 aliphatic rings. The minimum Gasteiger partial charge on any atom is -0.395 e. The Balaban J connectivity index is 2.00. The first-order valence-electron chi connectivity index (χ1n) is 6.25. The third-order valence-electron chi connectivity index (χ3n) is 2.97. The van der Waals surface area contributed by atoms with Gasteiger partial charge in [-0.2, -0.15) is 16.4 Å². The zero-order chi connectivity index (χ0) is 13.8. The Kier molecular flexibility index (Phi) is 4.21. The van der Waals surface area contributed by atoms with Gasteiger partial charge < -0.3 is 11.1 Å². The van der Waals surface area contributed by atoms with Gasteiger partial charge in [-0.05, 0) is 42.7 Å². The molecule has 0 unspecified atom stereocenters. The van der Waals surface area contributed by atoms with Crippen molar-refractivity contribution in [2.45, 2.75) is 26.8 Å². The van der Waals surface area contributed by atoms with Crippen LogP contribution in [0.4, 0.5) is 5.69 Å². The Hall–Kier alpha value is -1.82. The molecule has 6 heteroatoms. The van der Waals surface area contributed by atoms with E-state index in [1.807, 2.05) is 19.2 Å². The minimum atomic E-state index is -0.157. The lowest BCUT2D eigenvalue weighted by Gasteiger charge is -2.07. The lowest BCUT2D eigenvalue weighted by molar-refractivity contribution is 0.0944. The predicted octanol–water partition coefficient (Wildman–Crippen LogP) is 1.83. The summed E-state index contributed by atoms with van der Waals surface area (Å²) >= 11 is 1.66. The first-order chi connectivity index (χ1) is 9.13. The molecule has 0 fully saturated rings. The van der Waals surface area contributed by atoms with Crippen LogP contribution in [-0.4, -0.2) is 22.2 Å². The van der Waals surface area contributed by atoms with Crippen LogP contribution in [0.25, 0.3) is 0 Å². The van der Waals surface area contributed by atoms with Crippen LogP contribution in [0.15, 0.2) is 16.8 Å². The summed E-state index contributed by atoms with van der Waals surface area (Å²) in [4.78, 5) is 12.1. The number of amides is 1. The van der Waals surface area contributed by atoms with Crippen LogP contribution in [0.5, 0.6) is 0 Å². The molecule has 0 aliphatic heterocycles. The molecular formula is C13H18N4OS. The van der Waals surface area contributed by atoms with Crippen LogP contribution in [-0.2, 0) is 13.0 Å². The Morgan fingerprint density at radius 3 is 3.00 bits per heavy atom. The molecule has 2 heterocycles. The molecule has 0 saturated heterocycles. The van der Waals surface area contributed by atoms with Crippen molar-refractivity contribution in [2.24, 2.45) is 0 Å². The second-order valence-corrected chi connectivity index (χ2v) is 5.08. The number of anilines is 1. The first-order valence-corrected chi connectivity index (χ1v) is 7.20. The highest BCUT2D eigenvalue weighted by Gasteiger charge is 2.18. The summed E-state index contributed by atoms with van der Waals surface area (Å²) in [5, 5.41) is 11.2. The zero-order valence-corrected chi connectivity index (χ0v) is 12.0.